The van der Waals surface area contributed by atoms with Crippen LogP contribution in [0.5, 0.6) is 0 Å². The fraction of sp³-hybridized carbons (Fsp3) is 1.00. The van der Waals surface area contributed by atoms with Crippen LogP contribution in [-0.2, 0) is 18.1 Å². The predicted octanol–water partition coefficient (Wildman–Crippen LogP) is 3.57. The number of rotatable bonds is 15. The molecule has 140 valence electrons. The Morgan fingerprint density at radius 3 is 1.13 bits per heavy atom. The molecule has 0 aromatic carbocycles. The van der Waals surface area contributed by atoms with Gasteiger partial charge < -0.3 is 0 Å². The van der Waals surface area contributed by atoms with E-state index in [1.165, 1.54) is 0 Å². The molecule has 0 radical (unpaired) electrons. The minimum absolute atomic E-state index is 0.0390. The van der Waals surface area contributed by atoms with Crippen LogP contribution in [0.25, 0.3) is 0 Å². The molecule has 23 heavy (non-hydrogen) atoms. The Balaban J connectivity index is 4.70. The Morgan fingerprint density at radius 1 is 0.696 bits per heavy atom. The van der Waals surface area contributed by atoms with Crippen LogP contribution in [0.15, 0.2) is 0 Å². The number of phosphoric acid groups is 1. The molecule has 0 heterocycles. The molecule has 0 rings (SSSR count). The van der Waals surface area contributed by atoms with Crippen molar-refractivity contribution in [3.05, 3.63) is 0 Å². The summed E-state index contributed by atoms with van der Waals surface area (Å²) in [5, 5.41) is 0. The Labute approximate surface area is 154 Å². The Kier molecular flexibility index (Phi) is 14.6. The molecule has 11 heteroatoms. The van der Waals surface area contributed by atoms with Crippen molar-refractivity contribution in [3.8, 4) is 0 Å². The molecule has 0 spiro atoms. The molecule has 0 bridgehead atoms. The van der Waals surface area contributed by atoms with Crippen molar-refractivity contribution in [1.82, 2.24) is 14.7 Å². The minimum Gasteiger partial charge on any atom is -0.271 e. The highest BCUT2D eigenvalue weighted by Crippen LogP contribution is 2.49. The molecule has 0 aliphatic rings. The first-order chi connectivity index (χ1) is 11.0. The quantitative estimate of drug-likeness (QED) is 0.176. The second-order valence-corrected chi connectivity index (χ2v) is 6.93. The minimum atomic E-state index is -3.76. The highest BCUT2D eigenvalue weighted by molar-refractivity contribution is 7.48. The van der Waals surface area contributed by atoms with Crippen LogP contribution >= 0.6 is 42.6 Å². The molecule has 0 unspecified atom stereocenters. The lowest BCUT2D eigenvalue weighted by molar-refractivity contribution is 0.0215. The second-order valence-electron chi connectivity index (χ2n) is 4.54. The van der Waals surface area contributed by atoms with E-state index < -0.39 is 7.82 Å². The van der Waals surface area contributed by atoms with Gasteiger partial charge in [-0.3, -0.25) is 28.3 Å². The van der Waals surface area contributed by atoms with Gasteiger partial charge in [-0.25, -0.2) is 4.57 Å². The standard InChI is InChI=1S/C12H27Cl3N3O4P/c1-4-16(7-13)10-20-23(19,21-11-17(5-2)8-14)22-12-18(6-3)9-15/h4-12H2,1-3H3. The van der Waals surface area contributed by atoms with Gasteiger partial charge in [0.2, 0.25) is 0 Å². The van der Waals surface area contributed by atoms with Crippen molar-refractivity contribution < 1.29 is 18.1 Å². The molecule has 0 atom stereocenters. The highest BCUT2D eigenvalue weighted by Gasteiger charge is 2.29. The molecule has 7 nitrogen and oxygen atoms in total. The van der Waals surface area contributed by atoms with Crippen LogP contribution in [0.3, 0.4) is 0 Å². The van der Waals surface area contributed by atoms with E-state index in [-0.39, 0.29) is 38.2 Å². The number of nitrogens with zero attached hydrogens (tertiary/aromatic N) is 3. The normalized spacial score (nSPS) is 12.7. The largest absolute Gasteiger partial charge is 0.478 e. The maximum absolute atomic E-state index is 12.7. The summed E-state index contributed by atoms with van der Waals surface area (Å²) in [5.41, 5.74) is 0. The molecule has 0 N–H and O–H groups in total. The average Bonchev–Trinajstić information content (AvgIpc) is 2.57. The van der Waals surface area contributed by atoms with Crippen molar-refractivity contribution in [2.75, 3.05) is 57.8 Å². The van der Waals surface area contributed by atoms with Gasteiger partial charge in [-0.05, 0) is 19.6 Å². The third-order valence-electron chi connectivity index (χ3n) is 3.04. The number of halogens is 3. The van der Waals surface area contributed by atoms with Crippen LogP contribution in [0.1, 0.15) is 20.8 Å². The van der Waals surface area contributed by atoms with Crippen LogP contribution < -0.4 is 0 Å². The third kappa shape index (κ3) is 10.4. The Bertz CT molecular complexity index is 285. The van der Waals surface area contributed by atoms with E-state index in [1.54, 1.807) is 14.7 Å². The molecular formula is C12H27Cl3N3O4P. The first-order valence-electron chi connectivity index (χ1n) is 7.37. The number of alkyl halides is 3. The summed E-state index contributed by atoms with van der Waals surface area (Å²) in [5.74, 6) is 0. The van der Waals surface area contributed by atoms with Gasteiger partial charge in [-0.15, -0.1) is 34.8 Å². The van der Waals surface area contributed by atoms with Crippen LogP contribution in [0.2, 0.25) is 0 Å². The second kappa shape index (κ2) is 14.1. The van der Waals surface area contributed by atoms with Crippen LogP contribution in [-0.4, -0.2) is 72.5 Å². The van der Waals surface area contributed by atoms with Crippen molar-refractivity contribution >= 4 is 42.6 Å². The van der Waals surface area contributed by atoms with E-state index in [9.17, 15) is 4.57 Å². The van der Waals surface area contributed by atoms with Gasteiger partial charge in [0.15, 0.2) is 0 Å². The highest BCUT2D eigenvalue weighted by atomic mass is 35.5. The van der Waals surface area contributed by atoms with Crippen LogP contribution in [0, 0.1) is 0 Å². The van der Waals surface area contributed by atoms with Gasteiger partial charge in [-0.2, -0.15) is 0 Å². The zero-order valence-electron chi connectivity index (χ0n) is 13.9. The fourth-order valence-electron chi connectivity index (χ4n) is 1.20. The van der Waals surface area contributed by atoms with E-state index in [2.05, 4.69) is 0 Å². The van der Waals surface area contributed by atoms with Gasteiger partial charge in [0.1, 0.15) is 20.2 Å². The van der Waals surface area contributed by atoms with E-state index in [0.29, 0.717) is 19.6 Å². The molecule has 0 aliphatic carbocycles. The topological polar surface area (TPSA) is 54.5 Å². The molecule has 0 fully saturated rings. The third-order valence-corrected chi connectivity index (χ3v) is 5.35. The van der Waals surface area contributed by atoms with Gasteiger partial charge >= 0.3 is 7.82 Å². The molecular weight excluding hydrogens is 387 g/mol. The Morgan fingerprint density at radius 2 is 0.957 bits per heavy atom. The summed E-state index contributed by atoms with van der Waals surface area (Å²) >= 11 is 17.3. The van der Waals surface area contributed by atoms with Gasteiger partial charge in [0.25, 0.3) is 0 Å². The molecule has 0 saturated carbocycles. The van der Waals surface area contributed by atoms with Crippen molar-refractivity contribution in [1.29, 1.82) is 0 Å². The zero-order valence-corrected chi connectivity index (χ0v) is 17.1. The maximum Gasteiger partial charge on any atom is 0.478 e. The van der Waals surface area contributed by atoms with E-state index in [1.807, 2.05) is 20.8 Å². The lowest BCUT2D eigenvalue weighted by atomic mass is 10.7. The van der Waals surface area contributed by atoms with Gasteiger partial charge in [-0.1, -0.05) is 20.8 Å². The smallest absolute Gasteiger partial charge is 0.271 e. The van der Waals surface area contributed by atoms with Gasteiger partial charge in [0.05, 0.1) is 18.0 Å². The van der Waals surface area contributed by atoms with Gasteiger partial charge in [0, 0.05) is 0 Å². The number of hydrogen-bond acceptors (Lipinski definition) is 7. The molecule has 0 saturated heterocycles. The lowest BCUT2D eigenvalue weighted by Crippen LogP contribution is -2.29. The van der Waals surface area contributed by atoms with Crippen molar-refractivity contribution in [3.63, 3.8) is 0 Å². The van der Waals surface area contributed by atoms with E-state index in [0.717, 1.165) is 0 Å². The Hall–Kier alpha value is 0.860. The summed E-state index contributed by atoms with van der Waals surface area (Å²) in [4.78, 5) is 5.21. The van der Waals surface area contributed by atoms with Crippen molar-refractivity contribution in [2.45, 2.75) is 20.8 Å². The summed E-state index contributed by atoms with van der Waals surface area (Å²) in [6.45, 7) is 7.80. The fourth-order valence-corrected chi connectivity index (χ4v) is 3.05. The SMILES string of the molecule is CCN(CCl)COP(=O)(OCN(CC)CCl)OCN(CC)CCl. The summed E-state index contributed by atoms with van der Waals surface area (Å²) in [7, 11) is -3.76. The molecule has 0 aliphatic heterocycles. The summed E-state index contributed by atoms with van der Waals surface area (Å²) in [6, 6.07) is 0.756. The molecule has 0 amide bonds. The first-order valence-corrected chi connectivity index (χ1v) is 10.4. The monoisotopic (exact) mass is 413 g/mol. The number of phosphoric ester groups is 1. The predicted molar refractivity (Wildman–Crippen MR) is 94.8 cm³/mol. The molecule has 0 aromatic rings. The van der Waals surface area contributed by atoms with Crippen LogP contribution in [0.4, 0.5) is 0 Å². The van der Waals surface area contributed by atoms with E-state index in [4.69, 9.17) is 48.4 Å². The average molecular weight is 415 g/mol. The van der Waals surface area contributed by atoms with E-state index >= 15 is 0 Å². The zero-order chi connectivity index (χ0) is 17.7. The first kappa shape index (κ1) is 23.9. The molecule has 0 aromatic heterocycles. The van der Waals surface area contributed by atoms with Crippen molar-refractivity contribution in [2.24, 2.45) is 0 Å². The summed E-state index contributed by atoms with van der Waals surface area (Å²) in [6.07, 6.45) is 0. The summed E-state index contributed by atoms with van der Waals surface area (Å²) < 4.78 is 28.8. The maximum atomic E-state index is 12.7. The lowest BCUT2D eigenvalue weighted by Gasteiger charge is -2.26. The number of hydrogen-bond donors (Lipinski definition) is 0.